The number of carbonyl (C=O) groups is 1. The van der Waals surface area contributed by atoms with E-state index in [1.165, 1.54) is 0 Å². The summed E-state index contributed by atoms with van der Waals surface area (Å²) < 4.78 is 5.55. The van der Waals surface area contributed by atoms with Crippen molar-refractivity contribution in [1.82, 2.24) is 5.32 Å². The first-order valence-electron chi connectivity index (χ1n) is 7.18. The van der Waals surface area contributed by atoms with E-state index < -0.39 is 5.97 Å². The number of hydrogen-bond acceptors (Lipinski definition) is 3. The van der Waals surface area contributed by atoms with Crippen LogP contribution in [0.15, 0.2) is 24.3 Å². The van der Waals surface area contributed by atoms with Crippen LogP contribution in [-0.4, -0.2) is 24.2 Å². The summed E-state index contributed by atoms with van der Waals surface area (Å²) in [6.07, 6.45) is 0.690. The summed E-state index contributed by atoms with van der Waals surface area (Å²) in [4.78, 5) is 11.2. The zero-order valence-corrected chi connectivity index (χ0v) is 12.6. The van der Waals surface area contributed by atoms with Gasteiger partial charge in [0.1, 0.15) is 5.75 Å². The van der Waals surface area contributed by atoms with Gasteiger partial charge in [0.2, 0.25) is 0 Å². The quantitative estimate of drug-likeness (QED) is 0.729. The van der Waals surface area contributed by atoms with Crippen molar-refractivity contribution in [2.24, 2.45) is 11.8 Å². The third kappa shape index (κ3) is 5.61. The zero-order chi connectivity index (χ0) is 15.0. The number of benzene rings is 1. The van der Waals surface area contributed by atoms with Crippen molar-refractivity contribution >= 4 is 5.97 Å². The molecule has 0 aliphatic carbocycles. The van der Waals surface area contributed by atoms with Crippen molar-refractivity contribution < 1.29 is 14.6 Å². The monoisotopic (exact) mass is 279 g/mol. The van der Waals surface area contributed by atoms with E-state index in [-0.39, 0.29) is 5.92 Å². The van der Waals surface area contributed by atoms with Crippen molar-refractivity contribution in [3.05, 3.63) is 29.8 Å². The first-order valence-corrected chi connectivity index (χ1v) is 7.18. The number of rotatable bonds is 9. The van der Waals surface area contributed by atoms with E-state index in [1.54, 1.807) is 0 Å². The predicted molar refractivity (Wildman–Crippen MR) is 79.9 cm³/mol. The number of carboxylic acids is 1. The number of nitrogens with one attached hydrogen (secondary N) is 1. The molecular formula is C16H25NO3. The highest BCUT2D eigenvalue weighted by Gasteiger charge is 2.18. The second-order valence-electron chi connectivity index (χ2n) is 5.34. The fourth-order valence-corrected chi connectivity index (χ4v) is 2.17. The van der Waals surface area contributed by atoms with Gasteiger partial charge in [-0.1, -0.05) is 32.0 Å². The minimum atomic E-state index is -0.732. The molecule has 0 saturated heterocycles. The van der Waals surface area contributed by atoms with E-state index in [4.69, 9.17) is 4.74 Å². The standard InChI is InChI=1S/C16H25NO3/c1-4-20-15-8-6-5-7-13(15)10-17-11-14(16(18)19)9-12(2)3/h5-8,12,14,17H,4,9-11H2,1-3H3,(H,18,19). The largest absolute Gasteiger partial charge is 0.494 e. The molecular weight excluding hydrogens is 254 g/mol. The van der Waals surface area contributed by atoms with Crippen LogP contribution in [0.25, 0.3) is 0 Å². The molecule has 0 fully saturated rings. The third-order valence-corrected chi connectivity index (χ3v) is 3.08. The smallest absolute Gasteiger partial charge is 0.307 e. The maximum Gasteiger partial charge on any atom is 0.307 e. The Hall–Kier alpha value is -1.55. The number of ether oxygens (including phenoxy) is 1. The van der Waals surface area contributed by atoms with Crippen LogP contribution in [0.2, 0.25) is 0 Å². The van der Waals surface area contributed by atoms with Crippen LogP contribution in [0.3, 0.4) is 0 Å². The van der Waals surface area contributed by atoms with Gasteiger partial charge in [0, 0.05) is 18.7 Å². The molecule has 0 spiro atoms. The van der Waals surface area contributed by atoms with Crippen molar-refractivity contribution in [3.63, 3.8) is 0 Å². The second kappa shape index (κ2) is 8.59. The number of aliphatic carboxylic acids is 1. The Bertz CT molecular complexity index is 418. The van der Waals surface area contributed by atoms with Gasteiger partial charge in [-0.15, -0.1) is 0 Å². The maximum atomic E-state index is 11.2. The molecule has 0 bridgehead atoms. The van der Waals surface area contributed by atoms with E-state index in [0.29, 0.717) is 32.0 Å². The van der Waals surface area contributed by atoms with Crippen LogP contribution >= 0.6 is 0 Å². The van der Waals surface area contributed by atoms with Crippen LogP contribution in [0.5, 0.6) is 5.75 Å². The van der Waals surface area contributed by atoms with Gasteiger partial charge in [-0.25, -0.2) is 0 Å². The summed E-state index contributed by atoms with van der Waals surface area (Å²) in [7, 11) is 0. The van der Waals surface area contributed by atoms with Gasteiger partial charge in [0.15, 0.2) is 0 Å². The van der Waals surface area contributed by atoms with Crippen LogP contribution in [0.1, 0.15) is 32.8 Å². The van der Waals surface area contributed by atoms with Crippen molar-refractivity contribution in [2.75, 3.05) is 13.2 Å². The van der Waals surface area contributed by atoms with Crippen LogP contribution < -0.4 is 10.1 Å². The summed E-state index contributed by atoms with van der Waals surface area (Å²) in [5.74, 6) is 0.172. The molecule has 1 rings (SSSR count). The molecule has 112 valence electrons. The molecule has 1 unspecified atom stereocenters. The molecule has 1 aromatic rings. The first-order chi connectivity index (χ1) is 9.54. The molecule has 0 aliphatic heterocycles. The fraction of sp³-hybridized carbons (Fsp3) is 0.562. The zero-order valence-electron chi connectivity index (χ0n) is 12.6. The lowest BCUT2D eigenvalue weighted by Gasteiger charge is -2.16. The Balaban J connectivity index is 2.52. The Labute approximate surface area is 121 Å². The number of carboxylic acid groups (broad SMARTS) is 1. The average molecular weight is 279 g/mol. The Kier molecular flexibility index (Phi) is 7.09. The molecule has 2 N–H and O–H groups in total. The summed E-state index contributed by atoms with van der Waals surface area (Å²) in [6, 6.07) is 7.83. The molecule has 0 heterocycles. The third-order valence-electron chi connectivity index (χ3n) is 3.08. The lowest BCUT2D eigenvalue weighted by atomic mass is 9.97. The summed E-state index contributed by atoms with van der Waals surface area (Å²) >= 11 is 0. The Morgan fingerprint density at radius 3 is 2.65 bits per heavy atom. The molecule has 4 heteroatoms. The Morgan fingerprint density at radius 1 is 1.35 bits per heavy atom. The summed E-state index contributed by atoms with van der Waals surface area (Å²) in [5.41, 5.74) is 1.06. The topological polar surface area (TPSA) is 58.6 Å². The van der Waals surface area contributed by atoms with Gasteiger partial charge in [0.05, 0.1) is 12.5 Å². The minimum Gasteiger partial charge on any atom is -0.494 e. The van der Waals surface area contributed by atoms with Crippen molar-refractivity contribution in [3.8, 4) is 5.75 Å². The highest BCUT2D eigenvalue weighted by Crippen LogP contribution is 2.18. The molecule has 0 aromatic heterocycles. The van der Waals surface area contributed by atoms with Crippen molar-refractivity contribution in [1.29, 1.82) is 0 Å². The van der Waals surface area contributed by atoms with Gasteiger partial charge in [-0.3, -0.25) is 4.79 Å². The van der Waals surface area contributed by atoms with Gasteiger partial charge < -0.3 is 15.2 Å². The minimum absolute atomic E-state index is 0.339. The molecule has 4 nitrogen and oxygen atoms in total. The van der Waals surface area contributed by atoms with E-state index in [2.05, 4.69) is 5.32 Å². The van der Waals surface area contributed by atoms with Gasteiger partial charge in [-0.05, 0) is 25.3 Å². The van der Waals surface area contributed by atoms with E-state index in [0.717, 1.165) is 11.3 Å². The van der Waals surface area contributed by atoms with Gasteiger partial charge >= 0.3 is 5.97 Å². The summed E-state index contributed by atoms with van der Waals surface area (Å²) in [6.45, 7) is 7.77. The van der Waals surface area contributed by atoms with Crippen molar-refractivity contribution in [2.45, 2.75) is 33.7 Å². The van der Waals surface area contributed by atoms with E-state index >= 15 is 0 Å². The predicted octanol–water partition coefficient (Wildman–Crippen LogP) is 2.92. The molecule has 0 aliphatic rings. The molecule has 1 aromatic carbocycles. The highest BCUT2D eigenvalue weighted by molar-refractivity contribution is 5.70. The van der Waals surface area contributed by atoms with E-state index in [9.17, 15) is 9.90 Å². The lowest BCUT2D eigenvalue weighted by Crippen LogP contribution is -2.29. The second-order valence-corrected chi connectivity index (χ2v) is 5.34. The molecule has 0 saturated carbocycles. The van der Waals surface area contributed by atoms with Crippen LogP contribution in [-0.2, 0) is 11.3 Å². The maximum absolute atomic E-state index is 11.2. The van der Waals surface area contributed by atoms with Gasteiger partial charge in [-0.2, -0.15) is 0 Å². The van der Waals surface area contributed by atoms with Crippen LogP contribution in [0, 0.1) is 11.8 Å². The first kappa shape index (κ1) is 16.5. The highest BCUT2D eigenvalue weighted by atomic mass is 16.5. The molecule has 1 atom stereocenters. The molecule has 0 radical (unpaired) electrons. The lowest BCUT2D eigenvalue weighted by molar-refractivity contribution is -0.142. The van der Waals surface area contributed by atoms with Crippen LogP contribution in [0.4, 0.5) is 0 Å². The summed E-state index contributed by atoms with van der Waals surface area (Å²) in [5, 5.41) is 12.4. The molecule has 0 amide bonds. The number of para-hydroxylation sites is 1. The number of hydrogen-bond donors (Lipinski definition) is 2. The average Bonchev–Trinajstić information content (AvgIpc) is 2.39. The Morgan fingerprint density at radius 2 is 2.05 bits per heavy atom. The van der Waals surface area contributed by atoms with Gasteiger partial charge in [0.25, 0.3) is 0 Å². The normalized spacial score (nSPS) is 12.4. The molecule has 20 heavy (non-hydrogen) atoms. The SMILES string of the molecule is CCOc1ccccc1CNCC(CC(C)C)C(=O)O. The van der Waals surface area contributed by atoms with E-state index in [1.807, 2.05) is 45.0 Å². The fourth-order valence-electron chi connectivity index (χ4n) is 2.17.